The maximum absolute atomic E-state index is 5.37. The average Bonchev–Trinajstić information content (AvgIpc) is 2.72. The third kappa shape index (κ3) is 2.27. The minimum absolute atomic E-state index is 0.578. The maximum atomic E-state index is 5.37. The van der Waals surface area contributed by atoms with E-state index < -0.39 is 0 Å². The third-order valence-corrected chi connectivity index (χ3v) is 4.65. The van der Waals surface area contributed by atoms with Crippen molar-refractivity contribution in [3.8, 4) is 0 Å². The van der Waals surface area contributed by atoms with E-state index in [1.165, 1.54) is 58.4 Å². The summed E-state index contributed by atoms with van der Waals surface area (Å²) in [4.78, 5) is 2.67. The molecular formula is C13H24N2O. The molecule has 3 saturated heterocycles. The monoisotopic (exact) mass is 224 g/mol. The largest absolute Gasteiger partial charge is 0.380 e. The molecular weight excluding hydrogens is 200 g/mol. The zero-order valence-corrected chi connectivity index (χ0v) is 10.2. The highest BCUT2D eigenvalue weighted by atomic mass is 16.5. The number of likely N-dealkylation sites (tertiary alicyclic amines) is 1. The summed E-state index contributed by atoms with van der Waals surface area (Å²) in [6.45, 7) is 8.47. The fourth-order valence-corrected chi connectivity index (χ4v) is 3.38. The normalized spacial score (nSPS) is 30.8. The molecule has 0 atom stereocenters. The van der Waals surface area contributed by atoms with Crippen LogP contribution in [0.3, 0.4) is 0 Å². The molecule has 3 rings (SSSR count). The second kappa shape index (κ2) is 4.63. The van der Waals surface area contributed by atoms with E-state index in [-0.39, 0.29) is 0 Å². The van der Waals surface area contributed by atoms with E-state index in [1.807, 2.05) is 0 Å². The SMILES string of the molecule is C1CC(CCN2CCC3(COC3)C2)CCN1. The molecule has 0 aromatic carbocycles. The lowest BCUT2D eigenvalue weighted by molar-refractivity contribution is -0.105. The van der Waals surface area contributed by atoms with Gasteiger partial charge in [0, 0.05) is 12.0 Å². The van der Waals surface area contributed by atoms with Gasteiger partial charge in [-0.2, -0.15) is 0 Å². The lowest BCUT2D eigenvalue weighted by Gasteiger charge is -2.38. The molecule has 0 radical (unpaired) electrons. The summed E-state index contributed by atoms with van der Waals surface area (Å²) in [6, 6.07) is 0. The molecule has 3 nitrogen and oxygen atoms in total. The predicted octanol–water partition coefficient (Wildman–Crippen LogP) is 1.10. The molecule has 0 amide bonds. The molecule has 3 aliphatic rings. The zero-order chi connectivity index (χ0) is 10.8. The molecule has 0 bridgehead atoms. The summed E-state index contributed by atoms with van der Waals surface area (Å²) in [5.74, 6) is 0.982. The van der Waals surface area contributed by atoms with Crippen LogP contribution in [0.4, 0.5) is 0 Å². The van der Waals surface area contributed by atoms with Crippen LogP contribution >= 0.6 is 0 Å². The van der Waals surface area contributed by atoms with Crippen molar-refractivity contribution in [2.75, 3.05) is 45.9 Å². The van der Waals surface area contributed by atoms with Gasteiger partial charge in [-0.1, -0.05) is 0 Å². The zero-order valence-electron chi connectivity index (χ0n) is 10.2. The lowest BCUT2D eigenvalue weighted by atomic mass is 9.85. The number of hydrogen-bond acceptors (Lipinski definition) is 3. The average molecular weight is 224 g/mol. The molecule has 0 saturated carbocycles. The van der Waals surface area contributed by atoms with Crippen molar-refractivity contribution in [1.82, 2.24) is 10.2 Å². The van der Waals surface area contributed by atoms with Crippen LogP contribution in [0.2, 0.25) is 0 Å². The van der Waals surface area contributed by atoms with Crippen LogP contribution in [0.25, 0.3) is 0 Å². The number of piperidine rings is 1. The Kier molecular flexibility index (Phi) is 3.18. The number of nitrogens with zero attached hydrogens (tertiary/aromatic N) is 1. The van der Waals surface area contributed by atoms with Crippen LogP contribution in [-0.4, -0.2) is 50.8 Å². The third-order valence-electron chi connectivity index (χ3n) is 4.65. The first-order valence-electron chi connectivity index (χ1n) is 6.87. The van der Waals surface area contributed by atoms with E-state index in [1.54, 1.807) is 0 Å². The minimum atomic E-state index is 0.578. The van der Waals surface area contributed by atoms with Crippen molar-refractivity contribution in [2.45, 2.75) is 25.7 Å². The Hall–Kier alpha value is -0.120. The summed E-state index contributed by atoms with van der Waals surface area (Å²) in [7, 11) is 0. The molecule has 0 aromatic rings. The van der Waals surface area contributed by atoms with Gasteiger partial charge in [-0.3, -0.25) is 0 Å². The van der Waals surface area contributed by atoms with E-state index in [4.69, 9.17) is 4.74 Å². The van der Waals surface area contributed by atoms with Crippen molar-refractivity contribution >= 4 is 0 Å². The number of ether oxygens (including phenoxy) is 1. The molecule has 1 spiro atoms. The van der Waals surface area contributed by atoms with Gasteiger partial charge in [-0.15, -0.1) is 0 Å². The van der Waals surface area contributed by atoms with Crippen LogP contribution in [-0.2, 0) is 4.74 Å². The summed E-state index contributed by atoms with van der Waals surface area (Å²) in [5, 5.41) is 3.44. The Morgan fingerprint density at radius 1 is 1.25 bits per heavy atom. The Balaban J connectivity index is 1.39. The van der Waals surface area contributed by atoms with Gasteiger partial charge >= 0.3 is 0 Å². The van der Waals surface area contributed by atoms with Crippen LogP contribution in [0.15, 0.2) is 0 Å². The highest BCUT2D eigenvalue weighted by Crippen LogP contribution is 2.37. The first-order valence-corrected chi connectivity index (χ1v) is 6.87. The number of hydrogen-bond donors (Lipinski definition) is 1. The highest BCUT2D eigenvalue weighted by Gasteiger charge is 2.44. The lowest BCUT2D eigenvalue weighted by Crippen LogP contribution is -2.44. The summed E-state index contributed by atoms with van der Waals surface area (Å²) < 4.78 is 5.37. The van der Waals surface area contributed by atoms with Gasteiger partial charge in [-0.05, 0) is 57.8 Å². The quantitative estimate of drug-likeness (QED) is 0.777. The highest BCUT2D eigenvalue weighted by molar-refractivity contribution is 4.94. The topological polar surface area (TPSA) is 24.5 Å². The summed E-state index contributed by atoms with van der Waals surface area (Å²) in [5.41, 5.74) is 0.578. The molecule has 1 N–H and O–H groups in total. The Labute approximate surface area is 98.5 Å². The molecule has 3 fully saturated rings. The molecule has 92 valence electrons. The summed E-state index contributed by atoms with van der Waals surface area (Å²) >= 11 is 0. The second-order valence-corrected chi connectivity index (χ2v) is 6.00. The van der Waals surface area contributed by atoms with E-state index >= 15 is 0 Å². The van der Waals surface area contributed by atoms with E-state index in [0.717, 1.165) is 19.1 Å². The Morgan fingerprint density at radius 3 is 2.69 bits per heavy atom. The van der Waals surface area contributed by atoms with Crippen molar-refractivity contribution < 1.29 is 4.74 Å². The van der Waals surface area contributed by atoms with Gasteiger partial charge in [-0.25, -0.2) is 0 Å². The van der Waals surface area contributed by atoms with Crippen molar-refractivity contribution in [1.29, 1.82) is 0 Å². The number of rotatable bonds is 3. The van der Waals surface area contributed by atoms with Crippen molar-refractivity contribution in [3.63, 3.8) is 0 Å². The van der Waals surface area contributed by atoms with Crippen LogP contribution in [0, 0.1) is 11.3 Å². The Morgan fingerprint density at radius 2 is 2.06 bits per heavy atom. The molecule has 0 unspecified atom stereocenters. The van der Waals surface area contributed by atoms with Gasteiger partial charge in [0.25, 0.3) is 0 Å². The molecule has 3 aliphatic heterocycles. The van der Waals surface area contributed by atoms with Crippen LogP contribution < -0.4 is 5.32 Å². The second-order valence-electron chi connectivity index (χ2n) is 6.00. The van der Waals surface area contributed by atoms with Crippen molar-refractivity contribution in [3.05, 3.63) is 0 Å². The molecule has 0 aliphatic carbocycles. The summed E-state index contributed by atoms with van der Waals surface area (Å²) in [6.07, 6.45) is 5.57. The van der Waals surface area contributed by atoms with E-state index in [2.05, 4.69) is 10.2 Å². The fourth-order valence-electron chi connectivity index (χ4n) is 3.38. The Bertz CT molecular complexity index is 234. The molecule has 16 heavy (non-hydrogen) atoms. The standard InChI is InChI=1S/C13H24N2O/c1-5-14-6-2-12(1)3-7-15-8-4-13(9-15)10-16-11-13/h12,14H,1-11H2. The van der Waals surface area contributed by atoms with Gasteiger partial charge in [0.2, 0.25) is 0 Å². The van der Waals surface area contributed by atoms with Gasteiger partial charge in [0.1, 0.15) is 0 Å². The molecule has 3 heterocycles. The first-order chi connectivity index (χ1) is 7.86. The van der Waals surface area contributed by atoms with E-state index in [0.29, 0.717) is 5.41 Å². The van der Waals surface area contributed by atoms with Crippen LogP contribution in [0.5, 0.6) is 0 Å². The maximum Gasteiger partial charge on any atom is 0.0557 e. The van der Waals surface area contributed by atoms with Crippen molar-refractivity contribution in [2.24, 2.45) is 11.3 Å². The van der Waals surface area contributed by atoms with Crippen LogP contribution in [0.1, 0.15) is 25.7 Å². The smallest absolute Gasteiger partial charge is 0.0557 e. The number of nitrogens with one attached hydrogen (secondary N) is 1. The van der Waals surface area contributed by atoms with E-state index in [9.17, 15) is 0 Å². The first kappa shape index (κ1) is 11.0. The van der Waals surface area contributed by atoms with Gasteiger partial charge in [0.05, 0.1) is 13.2 Å². The molecule has 3 heteroatoms. The molecule has 0 aromatic heterocycles. The van der Waals surface area contributed by atoms with Gasteiger partial charge < -0.3 is 15.0 Å². The fraction of sp³-hybridized carbons (Fsp3) is 1.00. The predicted molar refractivity (Wildman–Crippen MR) is 64.5 cm³/mol. The van der Waals surface area contributed by atoms with Gasteiger partial charge in [0.15, 0.2) is 0 Å². The minimum Gasteiger partial charge on any atom is -0.380 e.